The molecule has 1 aliphatic rings. The van der Waals surface area contributed by atoms with Crippen LogP contribution in [0.2, 0.25) is 0 Å². The lowest BCUT2D eigenvalue weighted by atomic mass is 9.97. The first-order valence-electron chi connectivity index (χ1n) is 7.10. The molecule has 110 valence electrons. The summed E-state index contributed by atoms with van der Waals surface area (Å²) in [6, 6.07) is 7.74. The summed E-state index contributed by atoms with van der Waals surface area (Å²) in [5.74, 6) is -0.204. The number of aromatic nitrogens is 1. The second-order valence-electron chi connectivity index (χ2n) is 5.94. The molecule has 0 bridgehead atoms. The van der Waals surface area contributed by atoms with E-state index in [1.807, 2.05) is 31.2 Å². The molecular weight excluding hydrogens is 266 g/mol. The normalized spacial score (nSPS) is 17.9. The monoisotopic (exact) mass is 285 g/mol. The summed E-state index contributed by atoms with van der Waals surface area (Å²) in [5, 5.41) is 3.72. The first kappa shape index (κ1) is 13.7. The first-order chi connectivity index (χ1) is 9.93. The van der Waals surface area contributed by atoms with Crippen LogP contribution in [-0.2, 0) is 4.79 Å². The van der Waals surface area contributed by atoms with Crippen LogP contribution < -0.4 is 5.32 Å². The predicted molar refractivity (Wildman–Crippen MR) is 81.2 cm³/mol. The standard InChI is InChI=1S/C16H19N3O2/c1-10-13(11-6-4-5-7-12(11)18-10)14(20)19-9-8-17-15(21)16(19,2)3/h4-7,18H,8-9H2,1-3H3,(H,17,21). The largest absolute Gasteiger partial charge is 0.358 e. The third kappa shape index (κ3) is 2.00. The van der Waals surface area contributed by atoms with Crippen LogP contribution in [0.5, 0.6) is 0 Å². The minimum atomic E-state index is -0.833. The second-order valence-corrected chi connectivity index (χ2v) is 5.94. The molecule has 2 amide bonds. The Morgan fingerprint density at radius 1 is 1.29 bits per heavy atom. The molecule has 0 spiro atoms. The number of para-hydroxylation sites is 1. The van der Waals surface area contributed by atoms with E-state index in [1.54, 1.807) is 18.7 Å². The number of carbonyl (C=O) groups is 2. The molecule has 0 unspecified atom stereocenters. The van der Waals surface area contributed by atoms with Crippen LogP contribution in [-0.4, -0.2) is 40.3 Å². The molecule has 1 saturated heterocycles. The van der Waals surface area contributed by atoms with Crippen LogP contribution in [0.4, 0.5) is 0 Å². The Balaban J connectivity index is 2.08. The van der Waals surface area contributed by atoms with Gasteiger partial charge in [0.15, 0.2) is 0 Å². The number of nitrogens with one attached hydrogen (secondary N) is 2. The van der Waals surface area contributed by atoms with Crippen molar-refractivity contribution in [1.82, 2.24) is 15.2 Å². The van der Waals surface area contributed by atoms with Crippen LogP contribution >= 0.6 is 0 Å². The van der Waals surface area contributed by atoms with Gasteiger partial charge >= 0.3 is 0 Å². The topological polar surface area (TPSA) is 65.2 Å². The Hall–Kier alpha value is -2.30. The van der Waals surface area contributed by atoms with Gasteiger partial charge in [0.2, 0.25) is 5.91 Å². The summed E-state index contributed by atoms with van der Waals surface area (Å²) in [6.45, 7) is 6.48. The smallest absolute Gasteiger partial charge is 0.257 e. The Bertz CT molecular complexity index is 730. The zero-order valence-corrected chi connectivity index (χ0v) is 12.5. The van der Waals surface area contributed by atoms with E-state index >= 15 is 0 Å². The Morgan fingerprint density at radius 3 is 2.76 bits per heavy atom. The average Bonchev–Trinajstić information content (AvgIpc) is 2.77. The number of carbonyl (C=O) groups excluding carboxylic acids is 2. The summed E-state index contributed by atoms with van der Waals surface area (Å²) in [7, 11) is 0. The Kier molecular flexibility index (Phi) is 3.01. The van der Waals surface area contributed by atoms with Gasteiger partial charge in [-0.1, -0.05) is 18.2 Å². The fourth-order valence-electron chi connectivity index (χ4n) is 2.94. The van der Waals surface area contributed by atoms with Crippen LogP contribution in [0.3, 0.4) is 0 Å². The molecular formula is C16H19N3O2. The quantitative estimate of drug-likeness (QED) is 0.839. The molecule has 0 atom stereocenters. The molecule has 3 rings (SSSR count). The van der Waals surface area contributed by atoms with Gasteiger partial charge < -0.3 is 15.2 Å². The zero-order valence-electron chi connectivity index (χ0n) is 12.5. The molecule has 0 aliphatic carbocycles. The van der Waals surface area contributed by atoms with Crippen molar-refractivity contribution in [1.29, 1.82) is 0 Å². The van der Waals surface area contributed by atoms with E-state index < -0.39 is 5.54 Å². The molecule has 1 aromatic carbocycles. The highest BCUT2D eigenvalue weighted by Crippen LogP contribution is 2.27. The number of hydrogen-bond acceptors (Lipinski definition) is 2. The minimum absolute atomic E-state index is 0.0928. The van der Waals surface area contributed by atoms with Crippen LogP contribution in [0.25, 0.3) is 10.9 Å². The molecule has 5 heteroatoms. The highest BCUT2D eigenvalue weighted by Gasteiger charge is 2.41. The second kappa shape index (κ2) is 4.62. The number of aryl methyl sites for hydroxylation is 1. The summed E-state index contributed by atoms with van der Waals surface area (Å²) >= 11 is 0. The van der Waals surface area contributed by atoms with E-state index in [0.717, 1.165) is 16.6 Å². The molecule has 0 radical (unpaired) electrons. The number of fused-ring (bicyclic) bond motifs is 1. The number of nitrogens with zero attached hydrogens (tertiary/aromatic N) is 1. The van der Waals surface area contributed by atoms with Gasteiger partial charge in [-0.15, -0.1) is 0 Å². The number of H-pyrrole nitrogens is 1. The van der Waals surface area contributed by atoms with Crippen LogP contribution in [0.15, 0.2) is 24.3 Å². The molecule has 0 saturated carbocycles. The van der Waals surface area contributed by atoms with Gasteiger partial charge in [0.1, 0.15) is 5.54 Å². The lowest BCUT2D eigenvalue weighted by Crippen LogP contribution is -2.63. The highest BCUT2D eigenvalue weighted by atomic mass is 16.2. The maximum atomic E-state index is 13.0. The van der Waals surface area contributed by atoms with E-state index in [-0.39, 0.29) is 11.8 Å². The molecule has 1 aliphatic heterocycles. The average molecular weight is 285 g/mol. The molecule has 5 nitrogen and oxygen atoms in total. The minimum Gasteiger partial charge on any atom is -0.358 e. The highest BCUT2D eigenvalue weighted by molar-refractivity contribution is 6.09. The van der Waals surface area contributed by atoms with E-state index in [2.05, 4.69) is 10.3 Å². The summed E-state index contributed by atoms with van der Waals surface area (Å²) < 4.78 is 0. The number of aromatic amines is 1. The third-order valence-electron chi connectivity index (χ3n) is 4.20. The Labute approximate surface area is 123 Å². The first-order valence-corrected chi connectivity index (χ1v) is 7.10. The summed E-state index contributed by atoms with van der Waals surface area (Å²) in [5.41, 5.74) is 1.61. The lowest BCUT2D eigenvalue weighted by molar-refractivity contribution is -0.133. The van der Waals surface area contributed by atoms with E-state index in [9.17, 15) is 9.59 Å². The molecule has 21 heavy (non-hydrogen) atoms. The summed E-state index contributed by atoms with van der Waals surface area (Å²) in [4.78, 5) is 29.9. The van der Waals surface area contributed by atoms with E-state index in [0.29, 0.717) is 18.7 Å². The van der Waals surface area contributed by atoms with Gasteiger partial charge in [0, 0.05) is 29.7 Å². The van der Waals surface area contributed by atoms with E-state index in [1.165, 1.54) is 0 Å². The number of piperazine rings is 1. The number of amides is 2. The Morgan fingerprint density at radius 2 is 2.00 bits per heavy atom. The van der Waals surface area contributed by atoms with Crippen molar-refractivity contribution in [2.24, 2.45) is 0 Å². The fourth-order valence-corrected chi connectivity index (χ4v) is 2.94. The molecule has 1 aromatic heterocycles. The lowest BCUT2D eigenvalue weighted by Gasteiger charge is -2.41. The van der Waals surface area contributed by atoms with Crippen LogP contribution in [0, 0.1) is 6.92 Å². The predicted octanol–water partition coefficient (Wildman–Crippen LogP) is 1.83. The van der Waals surface area contributed by atoms with Crippen molar-refractivity contribution in [3.05, 3.63) is 35.5 Å². The van der Waals surface area contributed by atoms with Crippen molar-refractivity contribution < 1.29 is 9.59 Å². The number of benzene rings is 1. The molecule has 2 heterocycles. The summed E-state index contributed by atoms with van der Waals surface area (Å²) in [6.07, 6.45) is 0. The van der Waals surface area contributed by atoms with E-state index in [4.69, 9.17) is 0 Å². The van der Waals surface area contributed by atoms with Crippen molar-refractivity contribution >= 4 is 22.7 Å². The number of rotatable bonds is 1. The molecule has 2 aromatic rings. The van der Waals surface area contributed by atoms with Crippen LogP contribution in [0.1, 0.15) is 29.9 Å². The van der Waals surface area contributed by atoms with Gasteiger partial charge in [-0.25, -0.2) is 0 Å². The maximum Gasteiger partial charge on any atom is 0.257 e. The molecule has 1 fully saturated rings. The van der Waals surface area contributed by atoms with Crippen molar-refractivity contribution in [2.45, 2.75) is 26.3 Å². The third-order valence-corrected chi connectivity index (χ3v) is 4.20. The van der Waals surface area contributed by atoms with Gasteiger partial charge in [0.25, 0.3) is 5.91 Å². The SMILES string of the molecule is Cc1[nH]c2ccccc2c1C(=O)N1CCNC(=O)C1(C)C. The van der Waals surface area contributed by atoms with Gasteiger partial charge in [0.05, 0.1) is 5.56 Å². The maximum absolute atomic E-state index is 13.0. The van der Waals surface area contributed by atoms with Crippen molar-refractivity contribution in [2.75, 3.05) is 13.1 Å². The van der Waals surface area contributed by atoms with Crippen molar-refractivity contribution in [3.8, 4) is 0 Å². The van der Waals surface area contributed by atoms with Gasteiger partial charge in [-0.2, -0.15) is 0 Å². The van der Waals surface area contributed by atoms with Crippen molar-refractivity contribution in [3.63, 3.8) is 0 Å². The fraction of sp³-hybridized carbons (Fsp3) is 0.375. The van der Waals surface area contributed by atoms with Gasteiger partial charge in [-0.3, -0.25) is 9.59 Å². The number of hydrogen-bond donors (Lipinski definition) is 2. The zero-order chi connectivity index (χ0) is 15.2. The molecule has 2 N–H and O–H groups in total. The van der Waals surface area contributed by atoms with Gasteiger partial charge in [-0.05, 0) is 26.8 Å².